The number of ether oxygens (including phenoxy) is 2. The lowest BCUT2D eigenvalue weighted by Crippen LogP contribution is -2.52. The standard InChI is InChI=1S/C48H54N6O7/c49-47(50)51-37-23-20-33(21-24-37)26-36(44(56)45-52-39-18-10-11-19-43(39)61-45)27-42(55)41-28-38(59-30-34-14-6-2-7-15-34)29-54(41)46(57)40(25-22-32-12-4-1-5-13-32)53-48(58)60-31-35-16-8-3-9-17-35/h1,3-5,8-13,16-21,23-24,34,36,38,40-41H,2,6-7,14-15,22,25-31H2,(H,53,58)(H4,49,50,51)/t36-,38-,40-,41+/m1/s1. The van der Waals surface area contributed by atoms with Crippen LogP contribution in [0.5, 0.6) is 0 Å². The molecule has 2 amide bonds. The fraction of sp³-hybridized carbons (Fsp3) is 0.375. The minimum absolute atomic E-state index is 0.0285. The molecule has 1 aliphatic carbocycles. The topological polar surface area (TPSA) is 192 Å². The third-order valence-electron chi connectivity index (χ3n) is 11.6. The van der Waals surface area contributed by atoms with E-state index in [1.807, 2.05) is 66.7 Å². The summed E-state index contributed by atoms with van der Waals surface area (Å²) in [6.45, 7) is 0.741. The Balaban J connectivity index is 1.14. The Morgan fingerprint density at radius 2 is 1.52 bits per heavy atom. The number of para-hydroxylation sites is 2. The Labute approximate surface area is 355 Å². The van der Waals surface area contributed by atoms with E-state index < -0.39 is 41.9 Å². The summed E-state index contributed by atoms with van der Waals surface area (Å²) in [4.78, 5) is 67.3. The van der Waals surface area contributed by atoms with Gasteiger partial charge in [0.2, 0.25) is 11.7 Å². The average Bonchev–Trinajstić information content (AvgIpc) is 3.93. The van der Waals surface area contributed by atoms with Gasteiger partial charge in [-0.1, -0.05) is 104 Å². The number of nitrogens with one attached hydrogen (secondary N) is 1. The summed E-state index contributed by atoms with van der Waals surface area (Å²) in [6, 6.07) is 31.3. The molecular weight excluding hydrogens is 773 g/mol. The number of amides is 2. The normalized spacial score (nSPS) is 17.7. The van der Waals surface area contributed by atoms with Gasteiger partial charge >= 0.3 is 6.09 Å². The van der Waals surface area contributed by atoms with Crippen LogP contribution in [0.1, 0.15) is 78.7 Å². The molecule has 1 aliphatic heterocycles. The first-order chi connectivity index (χ1) is 29.7. The molecule has 13 nitrogen and oxygen atoms in total. The number of hydrogen-bond donors (Lipinski definition) is 3. The van der Waals surface area contributed by atoms with Gasteiger partial charge in [0.15, 0.2) is 17.3 Å². The van der Waals surface area contributed by atoms with Gasteiger partial charge in [0, 0.05) is 31.9 Å². The Morgan fingerprint density at radius 1 is 0.836 bits per heavy atom. The van der Waals surface area contributed by atoms with E-state index in [-0.39, 0.29) is 56.5 Å². The number of alkyl carbamates (subject to hydrolysis) is 1. The summed E-state index contributed by atoms with van der Waals surface area (Å²) in [5.41, 5.74) is 15.3. The van der Waals surface area contributed by atoms with Gasteiger partial charge in [-0.15, -0.1) is 0 Å². The minimum Gasteiger partial charge on any atom is -0.445 e. The largest absolute Gasteiger partial charge is 0.445 e. The molecule has 318 valence electrons. The Morgan fingerprint density at radius 3 is 2.23 bits per heavy atom. The van der Waals surface area contributed by atoms with Crippen molar-refractivity contribution < 1.29 is 33.1 Å². The number of rotatable bonds is 18. The highest BCUT2D eigenvalue weighted by Crippen LogP contribution is 2.31. The molecule has 0 unspecified atom stereocenters. The zero-order valence-electron chi connectivity index (χ0n) is 34.3. The molecule has 4 atom stereocenters. The summed E-state index contributed by atoms with van der Waals surface area (Å²) in [6.07, 6.45) is 5.56. The van der Waals surface area contributed by atoms with Crippen molar-refractivity contribution in [1.29, 1.82) is 0 Å². The van der Waals surface area contributed by atoms with Crippen LogP contribution in [0.15, 0.2) is 119 Å². The number of aromatic nitrogens is 1. The van der Waals surface area contributed by atoms with Gasteiger partial charge in [-0.2, -0.15) is 0 Å². The molecule has 5 aromatic rings. The Bertz CT molecular complexity index is 2240. The average molecular weight is 827 g/mol. The van der Waals surface area contributed by atoms with E-state index in [4.69, 9.17) is 25.4 Å². The monoisotopic (exact) mass is 826 g/mol. The van der Waals surface area contributed by atoms with E-state index in [1.54, 1.807) is 47.4 Å². The van der Waals surface area contributed by atoms with Gasteiger partial charge in [-0.25, -0.2) is 14.8 Å². The van der Waals surface area contributed by atoms with Gasteiger partial charge < -0.3 is 35.6 Å². The van der Waals surface area contributed by atoms with Crippen molar-refractivity contribution in [3.05, 3.63) is 132 Å². The number of nitrogens with zero attached hydrogens (tertiary/aromatic N) is 3. The lowest BCUT2D eigenvalue weighted by Gasteiger charge is -2.29. The maximum atomic E-state index is 14.8. The molecule has 61 heavy (non-hydrogen) atoms. The third-order valence-corrected chi connectivity index (χ3v) is 11.6. The van der Waals surface area contributed by atoms with Crippen LogP contribution in [0, 0.1) is 11.8 Å². The quantitative estimate of drug-likeness (QED) is 0.0461. The number of likely N-dealkylation sites (tertiary alicyclic amines) is 1. The van der Waals surface area contributed by atoms with E-state index in [0.717, 1.165) is 42.4 Å². The SMILES string of the molecule is NC(N)=Nc1ccc(C[C@H](CC(=O)[C@@H]2C[C@@H](OCC3CCCCC3)CN2C(=O)[C@@H](CCc2ccccc2)NC(=O)OCc2ccccc2)C(=O)c2nc3ccccc3o2)cc1. The van der Waals surface area contributed by atoms with Crippen LogP contribution in [0.2, 0.25) is 0 Å². The van der Waals surface area contributed by atoms with E-state index in [1.165, 1.54) is 6.42 Å². The van der Waals surface area contributed by atoms with Crippen LogP contribution in [0.3, 0.4) is 0 Å². The summed E-state index contributed by atoms with van der Waals surface area (Å²) in [7, 11) is 0. The van der Waals surface area contributed by atoms with Crippen molar-refractivity contribution in [3.8, 4) is 0 Å². The first kappa shape index (κ1) is 42.8. The number of hydrogen-bond acceptors (Lipinski definition) is 9. The van der Waals surface area contributed by atoms with Crippen LogP contribution in [-0.2, 0) is 38.5 Å². The summed E-state index contributed by atoms with van der Waals surface area (Å²) >= 11 is 0. The number of oxazole rings is 1. The molecule has 13 heteroatoms. The molecule has 0 radical (unpaired) electrons. The maximum absolute atomic E-state index is 14.8. The molecule has 5 N–H and O–H groups in total. The van der Waals surface area contributed by atoms with Crippen molar-refractivity contribution in [2.45, 2.75) is 89.0 Å². The van der Waals surface area contributed by atoms with E-state index in [2.05, 4.69) is 15.3 Å². The zero-order chi connectivity index (χ0) is 42.6. The van der Waals surface area contributed by atoms with Crippen LogP contribution < -0.4 is 16.8 Å². The van der Waals surface area contributed by atoms with E-state index >= 15 is 0 Å². The first-order valence-corrected chi connectivity index (χ1v) is 21.2. The predicted octanol–water partition coefficient (Wildman–Crippen LogP) is 7.23. The van der Waals surface area contributed by atoms with Gasteiger partial charge in [-0.3, -0.25) is 14.4 Å². The molecule has 1 saturated heterocycles. The molecule has 4 aromatic carbocycles. The number of fused-ring (bicyclic) bond motifs is 1. The number of guanidine groups is 1. The number of carbonyl (C=O) groups is 4. The van der Waals surface area contributed by atoms with Crippen molar-refractivity contribution in [2.24, 2.45) is 28.3 Å². The molecular formula is C48H54N6O7. The zero-order valence-corrected chi connectivity index (χ0v) is 34.3. The summed E-state index contributed by atoms with van der Waals surface area (Å²) in [5.74, 6) is -1.77. The summed E-state index contributed by atoms with van der Waals surface area (Å²) in [5, 5.41) is 2.83. The number of benzene rings is 4. The lowest BCUT2D eigenvalue weighted by atomic mass is 9.88. The molecule has 2 fully saturated rings. The molecule has 1 aromatic heterocycles. The van der Waals surface area contributed by atoms with Gasteiger partial charge in [0.25, 0.3) is 5.89 Å². The fourth-order valence-corrected chi connectivity index (χ4v) is 8.34. The van der Waals surface area contributed by atoms with Crippen molar-refractivity contribution in [3.63, 3.8) is 0 Å². The number of Topliss-reactive ketones (excluding diaryl/α,β-unsaturated/α-hetero) is 2. The highest BCUT2D eigenvalue weighted by molar-refractivity contribution is 6.00. The first-order valence-electron chi connectivity index (χ1n) is 21.2. The molecule has 0 bridgehead atoms. The number of aliphatic imine (C=N–C) groups is 1. The van der Waals surface area contributed by atoms with Crippen LogP contribution in [0.4, 0.5) is 10.5 Å². The van der Waals surface area contributed by atoms with E-state index in [0.29, 0.717) is 35.7 Å². The fourth-order valence-electron chi connectivity index (χ4n) is 8.34. The van der Waals surface area contributed by atoms with Crippen molar-refractivity contribution >= 4 is 46.3 Å². The van der Waals surface area contributed by atoms with Crippen LogP contribution >= 0.6 is 0 Å². The highest BCUT2D eigenvalue weighted by atomic mass is 16.5. The highest BCUT2D eigenvalue weighted by Gasteiger charge is 2.44. The molecule has 2 heterocycles. The number of nitrogens with two attached hydrogens (primary N) is 2. The number of carbonyl (C=O) groups excluding carboxylic acids is 4. The van der Waals surface area contributed by atoms with Crippen LogP contribution in [-0.4, -0.2) is 70.7 Å². The van der Waals surface area contributed by atoms with Crippen molar-refractivity contribution in [1.82, 2.24) is 15.2 Å². The van der Waals surface area contributed by atoms with Gasteiger partial charge in [0.05, 0.1) is 17.8 Å². The second-order valence-corrected chi connectivity index (χ2v) is 16.1. The maximum Gasteiger partial charge on any atom is 0.408 e. The minimum atomic E-state index is -1.00. The summed E-state index contributed by atoms with van der Waals surface area (Å²) < 4.78 is 18.0. The second kappa shape index (κ2) is 20.8. The molecule has 0 spiro atoms. The smallest absolute Gasteiger partial charge is 0.408 e. The van der Waals surface area contributed by atoms with Gasteiger partial charge in [0.1, 0.15) is 18.2 Å². The third kappa shape index (κ3) is 11.9. The Kier molecular flexibility index (Phi) is 14.6. The van der Waals surface area contributed by atoms with Crippen molar-refractivity contribution in [2.75, 3.05) is 13.2 Å². The van der Waals surface area contributed by atoms with Gasteiger partial charge in [-0.05, 0) is 79.0 Å². The molecule has 7 rings (SSSR count). The van der Waals surface area contributed by atoms with Crippen LogP contribution in [0.25, 0.3) is 11.1 Å². The Hall–Kier alpha value is -6.34. The number of aryl methyl sites for hydroxylation is 1. The predicted molar refractivity (Wildman–Crippen MR) is 232 cm³/mol. The molecule has 2 aliphatic rings. The molecule has 1 saturated carbocycles. The lowest BCUT2D eigenvalue weighted by molar-refractivity contribution is -0.139. The number of ketones is 2. The second-order valence-electron chi connectivity index (χ2n) is 16.1. The van der Waals surface area contributed by atoms with E-state index in [9.17, 15) is 19.2 Å².